The van der Waals surface area contributed by atoms with E-state index >= 15 is 0 Å². The van der Waals surface area contributed by atoms with Crippen molar-refractivity contribution >= 4 is 40.0 Å². The van der Waals surface area contributed by atoms with Gasteiger partial charge in [-0.15, -0.1) is 0 Å². The molecule has 3 aromatic rings. The number of alkyl halides is 3. The molecular weight excluding hydrogens is 385 g/mol. The van der Waals surface area contributed by atoms with E-state index in [9.17, 15) is 23.1 Å². The minimum absolute atomic E-state index is 0.171. The molecule has 0 unspecified atom stereocenters. The van der Waals surface area contributed by atoms with Gasteiger partial charge in [0.2, 0.25) is 0 Å². The van der Waals surface area contributed by atoms with Crippen LogP contribution in [0.3, 0.4) is 0 Å². The first-order valence-corrected chi connectivity index (χ1v) is 7.94. The zero-order valence-electron chi connectivity index (χ0n) is 13.8. The number of esters is 1. The van der Waals surface area contributed by atoms with E-state index in [0.29, 0.717) is 10.7 Å². The summed E-state index contributed by atoms with van der Waals surface area (Å²) >= 11 is 5.80. The van der Waals surface area contributed by atoms with Gasteiger partial charge in [0.15, 0.2) is 11.6 Å². The van der Waals surface area contributed by atoms with E-state index < -0.39 is 34.5 Å². The lowest BCUT2D eigenvalue weighted by Crippen LogP contribution is -2.11. The van der Waals surface area contributed by atoms with Crippen molar-refractivity contribution in [2.45, 2.75) is 6.18 Å². The van der Waals surface area contributed by atoms with Gasteiger partial charge in [0.25, 0.3) is 0 Å². The number of fused-ring (bicyclic) bond motifs is 1. The molecule has 0 aliphatic heterocycles. The highest BCUT2D eigenvalue weighted by atomic mass is 35.5. The van der Waals surface area contributed by atoms with Crippen LogP contribution in [0.4, 0.5) is 24.7 Å². The van der Waals surface area contributed by atoms with Crippen LogP contribution in [0.15, 0.2) is 42.5 Å². The Morgan fingerprint density at radius 2 is 1.85 bits per heavy atom. The zero-order chi connectivity index (χ0) is 19.8. The second kappa shape index (κ2) is 6.96. The standard InChI is InChI=1S/C18H12ClF3N2O3/c1-27-17(26)13-11-3-2-4-12(18(20,21)22)14(11)24-16(15(13)25)23-10-7-5-9(19)6-8-10/h2-8,25H,1H3,(H,23,24). The maximum absolute atomic E-state index is 13.4. The molecule has 5 nitrogen and oxygen atoms in total. The maximum Gasteiger partial charge on any atom is 0.418 e. The van der Waals surface area contributed by atoms with Gasteiger partial charge in [0.05, 0.1) is 18.2 Å². The second-order valence-corrected chi connectivity index (χ2v) is 5.94. The van der Waals surface area contributed by atoms with Gasteiger partial charge in [-0.25, -0.2) is 9.78 Å². The average Bonchev–Trinajstić information content (AvgIpc) is 2.62. The molecule has 3 rings (SSSR count). The van der Waals surface area contributed by atoms with Crippen molar-refractivity contribution in [3.63, 3.8) is 0 Å². The predicted molar refractivity (Wildman–Crippen MR) is 94.5 cm³/mol. The number of rotatable bonds is 3. The van der Waals surface area contributed by atoms with E-state index in [0.717, 1.165) is 19.2 Å². The number of ether oxygens (including phenoxy) is 1. The van der Waals surface area contributed by atoms with E-state index in [1.165, 1.54) is 6.07 Å². The molecule has 140 valence electrons. The van der Waals surface area contributed by atoms with Crippen molar-refractivity contribution in [2.75, 3.05) is 12.4 Å². The van der Waals surface area contributed by atoms with Crippen LogP contribution in [0.5, 0.6) is 5.75 Å². The van der Waals surface area contributed by atoms with Gasteiger partial charge < -0.3 is 15.2 Å². The molecule has 2 N–H and O–H groups in total. The first-order chi connectivity index (χ1) is 12.7. The number of nitrogens with one attached hydrogen (secondary N) is 1. The number of aromatic hydroxyl groups is 1. The summed E-state index contributed by atoms with van der Waals surface area (Å²) < 4.78 is 44.8. The number of pyridine rings is 1. The summed E-state index contributed by atoms with van der Waals surface area (Å²) in [6.07, 6.45) is -4.70. The summed E-state index contributed by atoms with van der Waals surface area (Å²) in [6.45, 7) is 0. The minimum Gasteiger partial charge on any atom is -0.504 e. The average molecular weight is 397 g/mol. The number of halogens is 4. The second-order valence-electron chi connectivity index (χ2n) is 5.51. The molecule has 0 aliphatic rings. The van der Waals surface area contributed by atoms with Gasteiger partial charge in [-0.2, -0.15) is 13.2 Å². The molecule has 0 amide bonds. The highest BCUT2D eigenvalue weighted by Crippen LogP contribution is 2.40. The summed E-state index contributed by atoms with van der Waals surface area (Å²) in [4.78, 5) is 16.0. The Kier molecular flexibility index (Phi) is 4.84. The molecule has 0 saturated carbocycles. The van der Waals surface area contributed by atoms with Crippen LogP contribution in [-0.4, -0.2) is 23.2 Å². The molecule has 0 atom stereocenters. The van der Waals surface area contributed by atoms with Crippen LogP contribution in [-0.2, 0) is 10.9 Å². The van der Waals surface area contributed by atoms with Crippen molar-refractivity contribution in [3.8, 4) is 5.75 Å². The van der Waals surface area contributed by atoms with Crippen molar-refractivity contribution in [1.29, 1.82) is 0 Å². The SMILES string of the molecule is COC(=O)c1c(O)c(Nc2ccc(Cl)cc2)nc2c(C(F)(F)F)cccc12. The summed E-state index contributed by atoms with van der Waals surface area (Å²) in [5.74, 6) is -1.93. The van der Waals surface area contributed by atoms with Gasteiger partial charge in [-0.3, -0.25) is 0 Å². The number of anilines is 2. The third-order valence-corrected chi connectivity index (χ3v) is 4.04. The van der Waals surface area contributed by atoms with E-state index in [1.54, 1.807) is 24.3 Å². The molecule has 0 bridgehead atoms. The highest BCUT2D eigenvalue weighted by Gasteiger charge is 2.35. The number of nitrogens with zero attached hydrogens (tertiary/aromatic N) is 1. The van der Waals surface area contributed by atoms with Gasteiger partial charge in [-0.05, 0) is 30.3 Å². The number of carbonyl (C=O) groups excluding carboxylic acids is 1. The van der Waals surface area contributed by atoms with Crippen molar-refractivity contribution in [3.05, 3.63) is 58.6 Å². The number of aromatic nitrogens is 1. The van der Waals surface area contributed by atoms with Crippen LogP contribution in [0.1, 0.15) is 15.9 Å². The topological polar surface area (TPSA) is 71.5 Å². The molecule has 9 heteroatoms. The molecule has 0 fully saturated rings. The Balaban J connectivity index is 2.28. The molecule has 1 aromatic heterocycles. The van der Waals surface area contributed by atoms with Crippen LogP contribution in [0.25, 0.3) is 10.9 Å². The number of benzene rings is 2. The van der Waals surface area contributed by atoms with Crippen molar-refractivity contribution < 1.29 is 27.8 Å². The van der Waals surface area contributed by atoms with E-state index in [2.05, 4.69) is 15.0 Å². The highest BCUT2D eigenvalue weighted by molar-refractivity contribution is 6.30. The number of hydrogen-bond acceptors (Lipinski definition) is 5. The fourth-order valence-corrected chi connectivity index (χ4v) is 2.70. The molecule has 0 spiro atoms. The number of hydrogen-bond donors (Lipinski definition) is 2. The van der Waals surface area contributed by atoms with Crippen LogP contribution >= 0.6 is 11.6 Å². The molecule has 2 aromatic carbocycles. The van der Waals surface area contributed by atoms with E-state index in [1.807, 2.05) is 0 Å². The third kappa shape index (κ3) is 3.61. The molecule has 0 radical (unpaired) electrons. The summed E-state index contributed by atoms with van der Waals surface area (Å²) in [7, 11) is 1.06. The van der Waals surface area contributed by atoms with Crippen LogP contribution in [0.2, 0.25) is 5.02 Å². The maximum atomic E-state index is 13.4. The van der Waals surface area contributed by atoms with Gasteiger partial charge in [0.1, 0.15) is 5.56 Å². The van der Waals surface area contributed by atoms with Crippen LogP contribution < -0.4 is 5.32 Å². The minimum atomic E-state index is -4.70. The van der Waals surface area contributed by atoms with Crippen molar-refractivity contribution in [1.82, 2.24) is 4.98 Å². The fraction of sp³-hybridized carbons (Fsp3) is 0.111. The quantitative estimate of drug-likeness (QED) is 0.599. The van der Waals surface area contributed by atoms with E-state index in [4.69, 9.17) is 11.6 Å². The molecule has 0 aliphatic carbocycles. The van der Waals surface area contributed by atoms with Crippen molar-refractivity contribution in [2.24, 2.45) is 0 Å². The fourth-order valence-electron chi connectivity index (χ4n) is 2.57. The van der Waals surface area contributed by atoms with Gasteiger partial charge >= 0.3 is 12.1 Å². The first kappa shape index (κ1) is 18.8. The molecule has 1 heterocycles. The Bertz CT molecular complexity index is 1020. The Morgan fingerprint density at radius 1 is 1.19 bits per heavy atom. The number of carbonyl (C=O) groups is 1. The third-order valence-electron chi connectivity index (χ3n) is 3.79. The Labute approximate surface area is 156 Å². The summed E-state index contributed by atoms with van der Waals surface area (Å²) in [6, 6.07) is 9.41. The lowest BCUT2D eigenvalue weighted by Gasteiger charge is -2.16. The summed E-state index contributed by atoms with van der Waals surface area (Å²) in [5.41, 5.74) is -1.53. The summed E-state index contributed by atoms with van der Waals surface area (Å²) in [5, 5.41) is 13.4. The monoisotopic (exact) mass is 396 g/mol. The normalized spacial score (nSPS) is 11.4. The number of para-hydroxylation sites is 1. The van der Waals surface area contributed by atoms with E-state index in [-0.39, 0.29) is 11.2 Å². The first-order valence-electron chi connectivity index (χ1n) is 7.56. The Hall–Kier alpha value is -3.00. The lowest BCUT2D eigenvalue weighted by molar-refractivity contribution is -0.136. The van der Waals surface area contributed by atoms with Crippen LogP contribution in [0, 0.1) is 0 Å². The lowest BCUT2D eigenvalue weighted by atomic mass is 10.0. The molecule has 0 saturated heterocycles. The number of methoxy groups -OCH3 is 1. The molecule has 27 heavy (non-hydrogen) atoms. The largest absolute Gasteiger partial charge is 0.504 e. The Morgan fingerprint density at radius 3 is 2.44 bits per heavy atom. The smallest absolute Gasteiger partial charge is 0.418 e. The zero-order valence-corrected chi connectivity index (χ0v) is 14.5. The van der Waals surface area contributed by atoms with Gasteiger partial charge in [-0.1, -0.05) is 23.7 Å². The molecular formula is C18H12ClF3N2O3. The van der Waals surface area contributed by atoms with Gasteiger partial charge in [0, 0.05) is 16.1 Å². The predicted octanol–water partition coefficient (Wildman–Crippen LogP) is 5.14.